The number of unbranched alkanes of at least 4 members (excludes halogenated alkanes) is 1. The van der Waals surface area contributed by atoms with Crippen molar-refractivity contribution in [3.05, 3.63) is 23.8 Å². The molecular weight excluding hydrogens is 461 g/mol. The first-order valence-corrected chi connectivity index (χ1v) is 9.88. The second kappa shape index (κ2) is 15.9. The third kappa shape index (κ3) is 10.0. The second-order valence-electron chi connectivity index (χ2n) is 5.30. The van der Waals surface area contributed by atoms with Crippen LogP contribution in [-0.4, -0.2) is 44.8 Å². The van der Waals surface area contributed by atoms with Gasteiger partial charge in [0.15, 0.2) is 17.5 Å². The summed E-state index contributed by atoms with van der Waals surface area (Å²) in [5.41, 5.74) is 1.03. The summed E-state index contributed by atoms with van der Waals surface area (Å²) in [6.45, 7) is 4.57. The van der Waals surface area contributed by atoms with Gasteiger partial charge < -0.3 is 20.1 Å². The molecule has 0 bridgehead atoms. The Morgan fingerprint density at radius 1 is 1.27 bits per heavy atom. The van der Waals surface area contributed by atoms with Crippen molar-refractivity contribution in [2.24, 2.45) is 4.99 Å². The fraction of sp³-hybridized carbons (Fsp3) is 0.526. The Bertz CT molecular complexity index is 576. The number of hydrogen-bond acceptors (Lipinski definition) is 4. The standard InChI is InChI=1S/C19H29N3O2S.HI/c1-5-12-24-18-14-16(9-10-17(18)23-3)15-22-19(20-6-2)21-11-7-8-13-25-4;/h1,9-10,14H,6-8,11-13,15H2,2-4H3,(H2,20,21,22);1H. The fourth-order valence-electron chi connectivity index (χ4n) is 2.14. The van der Waals surface area contributed by atoms with Crippen LogP contribution >= 0.6 is 35.7 Å². The average Bonchev–Trinajstić information content (AvgIpc) is 2.64. The molecule has 2 N–H and O–H groups in total. The molecule has 0 unspecified atom stereocenters. The molecule has 0 fully saturated rings. The van der Waals surface area contributed by atoms with Gasteiger partial charge in [-0.3, -0.25) is 0 Å². The molecule has 0 aliphatic carbocycles. The van der Waals surface area contributed by atoms with Crippen molar-refractivity contribution in [3.63, 3.8) is 0 Å². The molecule has 146 valence electrons. The summed E-state index contributed by atoms with van der Waals surface area (Å²) in [6, 6.07) is 5.77. The Hall–Kier alpha value is -1.27. The Morgan fingerprint density at radius 3 is 2.73 bits per heavy atom. The highest BCUT2D eigenvalue weighted by molar-refractivity contribution is 14.0. The highest BCUT2D eigenvalue weighted by Crippen LogP contribution is 2.28. The van der Waals surface area contributed by atoms with Gasteiger partial charge in [0.05, 0.1) is 13.7 Å². The van der Waals surface area contributed by atoms with Gasteiger partial charge in [0, 0.05) is 13.1 Å². The molecule has 0 heterocycles. The molecule has 26 heavy (non-hydrogen) atoms. The van der Waals surface area contributed by atoms with Gasteiger partial charge in [-0.2, -0.15) is 11.8 Å². The molecule has 0 saturated carbocycles. The SMILES string of the molecule is C#CCOc1cc(CN=C(NCC)NCCCCSC)ccc1OC.I. The smallest absolute Gasteiger partial charge is 0.191 e. The van der Waals surface area contributed by atoms with Crippen molar-refractivity contribution in [2.45, 2.75) is 26.3 Å². The number of halogens is 1. The number of terminal acetylenes is 1. The van der Waals surface area contributed by atoms with Gasteiger partial charge in [0.2, 0.25) is 0 Å². The summed E-state index contributed by atoms with van der Waals surface area (Å²) in [4.78, 5) is 4.63. The van der Waals surface area contributed by atoms with Crippen LogP contribution in [0.5, 0.6) is 11.5 Å². The van der Waals surface area contributed by atoms with Crippen molar-refractivity contribution < 1.29 is 9.47 Å². The molecule has 5 nitrogen and oxygen atoms in total. The summed E-state index contributed by atoms with van der Waals surface area (Å²) in [6.07, 6.45) is 9.74. The molecule has 1 aromatic carbocycles. The number of ether oxygens (including phenoxy) is 2. The summed E-state index contributed by atoms with van der Waals surface area (Å²) in [5.74, 6) is 5.80. The fourth-order valence-corrected chi connectivity index (χ4v) is 2.63. The molecule has 0 aromatic heterocycles. The van der Waals surface area contributed by atoms with Gasteiger partial charge in [-0.05, 0) is 49.5 Å². The summed E-state index contributed by atoms with van der Waals surface area (Å²) in [5, 5.41) is 6.63. The zero-order valence-electron chi connectivity index (χ0n) is 15.8. The van der Waals surface area contributed by atoms with Crippen LogP contribution in [0.4, 0.5) is 0 Å². The highest BCUT2D eigenvalue weighted by atomic mass is 127. The summed E-state index contributed by atoms with van der Waals surface area (Å²) in [7, 11) is 1.61. The Balaban J connectivity index is 0.00000625. The lowest BCUT2D eigenvalue weighted by atomic mass is 10.2. The third-order valence-corrected chi connectivity index (χ3v) is 4.07. The van der Waals surface area contributed by atoms with Crippen LogP contribution in [0.2, 0.25) is 0 Å². The van der Waals surface area contributed by atoms with E-state index in [1.165, 1.54) is 12.2 Å². The van der Waals surface area contributed by atoms with E-state index in [-0.39, 0.29) is 30.6 Å². The first kappa shape index (κ1) is 24.7. The van der Waals surface area contributed by atoms with Gasteiger partial charge in [-0.25, -0.2) is 4.99 Å². The van der Waals surface area contributed by atoms with E-state index in [1.807, 2.05) is 30.0 Å². The van der Waals surface area contributed by atoms with Crippen LogP contribution in [0.3, 0.4) is 0 Å². The van der Waals surface area contributed by atoms with E-state index in [9.17, 15) is 0 Å². The van der Waals surface area contributed by atoms with Gasteiger partial charge >= 0.3 is 0 Å². The van der Waals surface area contributed by atoms with E-state index in [4.69, 9.17) is 15.9 Å². The number of methoxy groups -OCH3 is 1. The average molecular weight is 491 g/mol. The number of nitrogens with zero attached hydrogens (tertiary/aromatic N) is 1. The molecule has 0 saturated heterocycles. The van der Waals surface area contributed by atoms with Gasteiger partial charge in [-0.15, -0.1) is 30.4 Å². The monoisotopic (exact) mass is 491 g/mol. The van der Waals surface area contributed by atoms with E-state index in [2.05, 4.69) is 34.7 Å². The minimum Gasteiger partial charge on any atom is -0.493 e. The maximum atomic E-state index is 5.53. The van der Waals surface area contributed by atoms with Crippen molar-refractivity contribution in [1.29, 1.82) is 0 Å². The molecule has 0 spiro atoms. The molecule has 0 radical (unpaired) electrons. The number of benzene rings is 1. The van der Waals surface area contributed by atoms with Crippen LogP contribution in [0, 0.1) is 12.3 Å². The van der Waals surface area contributed by atoms with E-state index in [0.29, 0.717) is 18.0 Å². The maximum absolute atomic E-state index is 5.53. The number of thioether (sulfide) groups is 1. The maximum Gasteiger partial charge on any atom is 0.191 e. The molecule has 0 aliphatic heterocycles. The van der Waals surface area contributed by atoms with E-state index in [1.54, 1.807) is 7.11 Å². The lowest BCUT2D eigenvalue weighted by Gasteiger charge is -2.12. The second-order valence-corrected chi connectivity index (χ2v) is 6.29. The van der Waals surface area contributed by atoms with Crippen LogP contribution in [0.15, 0.2) is 23.2 Å². The highest BCUT2D eigenvalue weighted by Gasteiger charge is 2.06. The minimum atomic E-state index is 0. The summed E-state index contributed by atoms with van der Waals surface area (Å²) < 4.78 is 10.8. The largest absolute Gasteiger partial charge is 0.493 e. The number of guanidine groups is 1. The van der Waals surface area contributed by atoms with Crippen molar-refractivity contribution in [3.8, 4) is 23.8 Å². The molecule has 7 heteroatoms. The van der Waals surface area contributed by atoms with E-state index < -0.39 is 0 Å². The lowest BCUT2D eigenvalue weighted by Crippen LogP contribution is -2.37. The quantitative estimate of drug-likeness (QED) is 0.163. The van der Waals surface area contributed by atoms with Crippen LogP contribution in [-0.2, 0) is 6.54 Å². The van der Waals surface area contributed by atoms with E-state index >= 15 is 0 Å². The van der Waals surface area contributed by atoms with Gasteiger partial charge in [0.25, 0.3) is 0 Å². The lowest BCUT2D eigenvalue weighted by molar-refractivity contribution is 0.330. The molecule has 1 aromatic rings. The van der Waals surface area contributed by atoms with Crippen LogP contribution in [0.1, 0.15) is 25.3 Å². The van der Waals surface area contributed by atoms with Gasteiger partial charge in [-0.1, -0.05) is 12.0 Å². The summed E-state index contributed by atoms with van der Waals surface area (Å²) >= 11 is 1.88. The topological polar surface area (TPSA) is 54.9 Å². The minimum absolute atomic E-state index is 0. The van der Waals surface area contributed by atoms with E-state index in [0.717, 1.165) is 31.0 Å². The first-order chi connectivity index (χ1) is 12.2. The van der Waals surface area contributed by atoms with Crippen molar-refractivity contribution >= 4 is 41.7 Å². The Labute approximate surface area is 179 Å². The predicted octanol–water partition coefficient (Wildman–Crippen LogP) is 3.52. The van der Waals surface area contributed by atoms with Gasteiger partial charge in [0.1, 0.15) is 6.61 Å². The normalized spacial score (nSPS) is 10.5. The van der Waals surface area contributed by atoms with Crippen molar-refractivity contribution in [1.82, 2.24) is 10.6 Å². The zero-order chi connectivity index (χ0) is 18.3. The number of hydrogen-bond donors (Lipinski definition) is 2. The van der Waals surface area contributed by atoms with Crippen LogP contribution < -0.4 is 20.1 Å². The third-order valence-electron chi connectivity index (χ3n) is 3.37. The first-order valence-electron chi connectivity index (χ1n) is 8.49. The number of nitrogens with one attached hydrogen (secondary N) is 2. The Morgan fingerprint density at radius 2 is 2.08 bits per heavy atom. The number of aliphatic imine (C=N–C) groups is 1. The van der Waals surface area contributed by atoms with Crippen LogP contribution in [0.25, 0.3) is 0 Å². The van der Waals surface area contributed by atoms with Crippen molar-refractivity contribution in [2.75, 3.05) is 38.8 Å². The predicted molar refractivity (Wildman–Crippen MR) is 123 cm³/mol. The molecule has 0 aliphatic rings. The number of rotatable bonds is 11. The molecular formula is C19H30IN3O2S. The molecule has 0 atom stereocenters. The zero-order valence-corrected chi connectivity index (χ0v) is 19.0. The molecule has 0 amide bonds. The molecule has 1 rings (SSSR count). The Kier molecular flexibility index (Phi) is 15.2.